The molecule has 1 saturated heterocycles. The Morgan fingerprint density at radius 3 is 2.32 bits per heavy atom. The summed E-state index contributed by atoms with van der Waals surface area (Å²) in [6, 6.07) is 19.8. The highest BCUT2D eigenvalue weighted by atomic mass is 19.1. The number of halogens is 1. The van der Waals surface area contributed by atoms with Gasteiger partial charge in [0.05, 0.1) is 6.04 Å². The Balaban J connectivity index is 1.31. The standard InChI is InChI=1S/C29H27FN6O5/c30-21-6-10-24(11-7-21)41-25-12-8-22(9-13-25)33-28(38)26-14-23(16-36(26)27(37)17-34-19-31-18-32-34)35(29(39)40)15-20-4-2-1-3-5-20/h1-13,18-19,23,26H,14-17H2,(H,33,38)(H,39,40)/t23-,26+/m1/s1. The van der Waals surface area contributed by atoms with Gasteiger partial charge in [0, 0.05) is 18.8 Å². The molecule has 5 rings (SSSR count). The van der Waals surface area contributed by atoms with Crippen LogP contribution in [0.25, 0.3) is 0 Å². The van der Waals surface area contributed by atoms with Crippen molar-refractivity contribution in [2.45, 2.75) is 31.6 Å². The second-order valence-corrected chi connectivity index (χ2v) is 9.51. The van der Waals surface area contributed by atoms with Crippen LogP contribution in [0.4, 0.5) is 14.9 Å². The summed E-state index contributed by atoms with van der Waals surface area (Å²) in [6.07, 6.45) is 1.69. The van der Waals surface area contributed by atoms with Gasteiger partial charge in [-0.3, -0.25) is 14.5 Å². The predicted molar refractivity (Wildman–Crippen MR) is 145 cm³/mol. The van der Waals surface area contributed by atoms with E-state index in [1.807, 2.05) is 30.3 Å². The molecule has 1 fully saturated rings. The van der Waals surface area contributed by atoms with Crippen molar-refractivity contribution < 1.29 is 28.6 Å². The van der Waals surface area contributed by atoms with E-state index in [4.69, 9.17) is 4.74 Å². The van der Waals surface area contributed by atoms with Gasteiger partial charge in [0.2, 0.25) is 11.8 Å². The maximum Gasteiger partial charge on any atom is 0.407 e. The lowest BCUT2D eigenvalue weighted by Crippen LogP contribution is -2.45. The second-order valence-electron chi connectivity index (χ2n) is 9.51. The molecule has 0 spiro atoms. The molecule has 210 valence electrons. The highest BCUT2D eigenvalue weighted by Gasteiger charge is 2.43. The highest BCUT2D eigenvalue weighted by Crippen LogP contribution is 2.27. The van der Waals surface area contributed by atoms with Crippen LogP contribution in [-0.4, -0.2) is 66.2 Å². The predicted octanol–water partition coefficient (Wildman–Crippen LogP) is 4.00. The van der Waals surface area contributed by atoms with Crippen molar-refractivity contribution >= 4 is 23.6 Å². The second kappa shape index (κ2) is 12.3. The van der Waals surface area contributed by atoms with Gasteiger partial charge >= 0.3 is 6.09 Å². The van der Waals surface area contributed by atoms with Crippen molar-refractivity contribution in [2.24, 2.45) is 0 Å². The normalized spacial score (nSPS) is 16.3. The number of aromatic nitrogens is 3. The molecule has 1 aliphatic heterocycles. The molecule has 11 nitrogen and oxygen atoms in total. The van der Waals surface area contributed by atoms with Gasteiger partial charge in [0.15, 0.2) is 0 Å². The van der Waals surface area contributed by atoms with Gasteiger partial charge in [-0.25, -0.2) is 18.9 Å². The van der Waals surface area contributed by atoms with Crippen molar-refractivity contribution in [2.75, 3.05) is 11.9 Å². The Morgan fingerprint density at radius 1 is 1.00 bits per heavy atom. The molecular weight excluding hydrogens is 531 g/mol. The van der Waals surface area contributed by atoms with Crippen molar-refractivity contribution in [1.82, 2.24) is 24.6 Å². The summed E-state index contributed by atoms with van der Waals surface area (Å²) >= 11 is 0. The number of benzene rings is 3. The fraction of sp³-hybridized carbons (Fsp3) is 0.207. The first-order chi connectivity index (χ1) is 19.9. The molecule has 0 aliphatic carbocycles. The number of carbonyl (C=O) groups excluding carboxylic acids is 2. The fourth-order valence-electron chi connectivity index (χ4n) is 4.71. The fourth-order valence-corrected chi connectivity index (χ4v) is 4.71. The third-order valence-electron chi connectivity index (χ3n) is 6.72. The molecular formula is C29H27FN6O5. The van der Waals surface area contributed by atoms with Crippen LogP contribution in [0.2, 0.25) is 0 Å². The minimum atomic E-state index is -1.14. The Labute approximate surface area is 234 Å². The van der Waals surface area contributed by atoms with E-state index < -0.39 is 24.1 Å². The van der Waals surface area contributed by atoms with Gasteiger partial charge in [-0.05, 0) is 60.5 Å². The monoisotopic (exact) mass is 558 g/mol. The Kier molecular flexibility index (Phi) is 8.18. The molecule has 0 radical (unpaired) electrons. The summed E-state index contributed by atoms with van der Waals surface area (Å²) in [7, 11) is 0. The lowest BCUT2D eigenvalue weighted by molar-refractivity contribution is -0.137. The minimum absolute atomic E-state index is 0.0508. The van der Waals surface area contributed by atoms with Gasteiger partial charge in [0.25, 0.3) is 0 Å². The maximum atomic E-state index is 13.5. The molecule has 1 aromatic heterocycles. The number of hydrogen-bond donors (Lipinski definition) is 2. The quantitative estimate of drug-likeness (QED) is 0.318. The number of amides is 3. The van der Waals surface area contributed by atoms with Crippen molar-refractivity contribution in [3.8, 4) is 11.5 Å². The average Bonchev–Trinajstić information content (AvgIpc) is 3.65. The van der Waals surface area contributed by atoms with Crippen LogP contribution in [0.15, 0.2) is 91.5 Å². The Morgan fingerprint density at radius 2 is 1.68 bits per heavy atom. The van der Waals surface area contributed by atoms with Crippen LogP contribution >= 0.6 is 0 Å². The third-order valence-corrected chi connectivity index (χ3v) is 6.72. The molecule has 1 aliphatic rings. The van der Waals surface area contributed by atoms with E-state index in [1.54, 1.807) is 24.3 Å². The zero-order chi connectivity index (χ0) is 28.8. The molecule has 4 aromatic rings. The van der Waals surface area contributed by atoms with E-state index >= 15 is 0 Å². The molecule has 12 heteroatoms. The first-order valence-corrected chi connectivity index (χ1v) is 12.9. The number of nitrogens with zero attached hydrogens (tertiary/aromatic N) is 5. The lowest BCUT2D eigenvalue weighted by Gasteiger charge is -2.26. The largest absolute Gasteiger partial charge is 0.465 e. The first-order valence-electron chi connectivity index (χ1n) is 12.9. The zero-order valence-electron chi connectivity index (χ0n) is 21.8. The summed E-state index contributed by atoms with van der Waals surface area (Å²) in [5.41, 5.74) is 1.26. The van der Waals surface area contributed by atoms with E-state index in [-0.39, 0.29) is 37.8 Å². The van der Waals surface area contributed by atoms with E-state index in [9.17, 15) is 23.9 Å². The van der Waals surface area contributed by atoms with Crippen LogP contribution in [0.3, 0.4) is 0 Å². The summed E-state index contributed by atoms with van der Waals surface area (Å²) in [5.74, 6) is -0.258. The molecule has 2 atom stereocenters. The number of hydrogen-bond acceptors (Lipinski definition) is 6. The first kappa shape index (κ1) is 27.3. The number of carboxylic acid groups (broad SMARTS) is 1. The van der Waals surface area contributed by atoms with E-state index in [2.05, 4.69) is 15.4 Å². The minimum Gasteiger partial charge on any atom is -0.465 e. The molecule has 0 unspecified atom stereocenters. The molecule has 0 saturated carbocycles. The number of rotatable bonds is 9. The van der Waals surface area contributed by atoms with Crippen molar-refractivity contribution in [1.29, 1.82) is 0 Å². The van der Waals surface area contributed by atoms with E-state index in [0.29, 0.717) is 17.2 Å². The molecule has 2 heterocycles. The molecule has 41 heavy (non-hydrogen) atoms. The van der Waals surface area contributed by atoms with Crippen molar-refractivity contribution in [3.05, 3.63) is 103 Å². The molecule has 3 amide bonds. The Bertz CT molecular complexity index is 1480. The summed E-state index contributed by atoms with van der Waals surface area (Å²) in [6.45, 7) is 0.0304. The molecule has 2 N–H and O–H groups in total. The average molecular weight is 559 g/mol. The highest BCUT2D eigenvalue weighted by molar-refractivity contribution is 5.97. The van der Waals surface area contributed by atoms with E-state index in [1.165, 1.54) is 51.4 Å². The van der Waals surface area contributed by atoms with Gasteiger partial charge < -0.3 is 20.1 Å². The van der Waals surface area contributed by atoms with Gasteiger partial charge in [-0.1, -0.05) is 30.3 Å². The zero-order valence-corrected chi connectivity index (χ0v) is 21.8. The molecule has 0 bridgehead atoms. The van der Waals surface area contributed by atoms with Crippen molar-refractivity contribution in [3.63, 3.8) is 0 Å². The number of likely N-dealkylation sites (tertiary alicyclic amines) is 1. The number of nitrogens with one attached hydrogen (secondary N) is 1. The number of ether oxygens (including phenoxy) is 1. The molecule has 3 aromatic carbocycles. The smallest absolute Gasteiger partial charge is 0.407 e. The van der Waals surface area contributed by atoms with Gasteiger partial charge in [0.1, 0.15) is 42.6 Å². The van der Waals surface area contributed by atoms with E-state index in [0.717, 1.165) is 5.56 Å². The third kappa shape index (κ3) is 6.85. The number of anilines is 1. The Hall–Kier alpha value is -5.26. The summed E-state index contributed by atoms with van der Waals surface area (Å²) in [4.78, 5) is 45.5. The van der Waals surface area contributed by atoms with Crippen LogP contribution in [0.5, 0.6) is 11.5 Å². The van der Waals surface area contributed by atoms with Crippen LogP contribution in [-0.2, 0) is 22.7 Å². The summed E-state index contributed by atoms with van der Waals surface area (Å²) in [5, 5.41) is 16.8. The topological polar surface area (TPSA) is 130 Å². The van der Waals surface area contributed by atoms with Gasteiger partial charge in [-0.2, -0.15) is 5.10 Å². The number of carbonyl (C=O) groups is 3. The maximum absolute atomic E-state index is 13.5. The van der Waals surface area contributed by atoms with Crippen LogP contribution < -0.4 is 10.1 Å². The lowest BCUT2D eigenvalue weighted by atomic mass is 10.1. The van der Waals surface area contributed by atoms with Crippen LogP contribution in [0.1, 0.15) is 12.0 Å². The summed E-state index contributed by atoms with van der Waals surface area (Å²) < 4.78 is 20.2. The SMILES string of the molecule is O=C(Nc1ccc(Oc2ccc(F)cc2)cc1)[C@@H]1C[C@@H](N(Cc2ccccc2)C(=O)O)CN1C(=O)Cn1cncn1. The van der Waals surface area contributed by atoms with Gasteiger partial charge in [-0.15, -0.1) is 0 Å². The van der Waals surface area contributed by atoms with Crippen LogP contribution in [0, 0.1) is 5.82 Å².